The molecule has 1 aromatic heterocycles. The number of nitrogens with zero attached hydrogens (tertiary/aromatic N) is 1. The van der Waals surface area contributed by atoms with Crippen molar-refractivity contribution in [1.82, 2.24) is 4.98 Å². The number of aryl methyl sites for hydroxylation is 1. The van der Waals surface area contributed by atoms with Crippen molar-refractivity contribution in [2.45, 2.75) is 11.3 Å². The Hall–Kier alpha value is -0.550. The van der Waals surface area contributed by atoms with Crippen LogP contribution >= 0.6 is 46.3 Å². The zero-order valence-electron chi connectivity index (χ0n) is 9.44. The molecule has 1 heterocycles. The van der Waals surface area contributed by atoms with Gasteiger partial charge >= 0.3 is 0 Å². The molecule has 2 nitrogen and oxygen atoms in total. The van der Waals surface area contributed by atoms with Gasteiger partial charge in [-0.05, 0) is 25.1 Å². The molecule has 0 radical (unpaired) electrons. The van der Waals surface area contributed by atoms with E-state index in [1.54, 1.807) is 18.2 Å². The summed E-state index contributed by atoms with van der Waals surface area (Å²) in [4.78, 5) is 16.3. The van der Waals surface area contributed by atoms with Crippen molar-refractivity contribution in [3.8, 4) is 0 Å². The van der Waals surface area contributed by atoms with Crippen molar-refractivity contribution in [2.24, 2.45) is 0 Å². The highest BCUT2D eigenvalue weighted by molar-refractivity contribution is 8.01. The van der Waals surface area contributed by atoms with Crippen LogP contribution in [0, 0.1) is 6.92 Å². The smallest absolute Gasteiger partial charge is 0.174 e. The number of thioether (sulfide) groups is 1. The number of thiazole rings is 1. The first-order valence-electron chi connectivity index (χ1n) is 5.09. The van der Waals surface area contributed by atoms with Crippen LogP contribution in [-0.2, 0) is 0 Å². The molecule has 0 N–H and O–H groups in total. The minimum atomic E-state index is -0.0413. The Bertz CT molecular complexity index is 583. The maximum atomic E-state index is 12.0. The van der Waals surface area contributed by atoms with Crippen LogP contribution in [0.15, 0.2) is 27.9 Å². The highest BCUT2D eigenvalue weighted by Gasteiger charge is 2.12. The molecule has 0 aliphatic rings. The Labute approximate surface area is 123 Å². The van der Waals surface area contributed by atoms with E-state index in [9.17, 15) is 4.79 Å². The molecule has 0 bridgehead atoms. The average molecular weight is 318 g/mol. The van der Waals surface area contributed by atoms with Crippen LogP contribution in [0.4, 0.5) is 0 Å². The quantitative estimate of drug-likeness (QED) is 0.603. The molecular weight excluding hydrogens is 309 g/mol. The Balaban J connectivity index is 2.05. The van der Waals surface area contributed by atoms with E-state index in [2.05, 4.69) is 4.98 Å². The van der Waals surface area contributed by atoms with Crippen molar-refractivity contribution >= 4 is 52.1 Å². The number of carbonyl (C=O) groups excluding carboxylic acids is 1. The molecule has 94 valence electrons. The lowest BCUT2D eigenvalue weighted by Gasteiger charge is -2.03. The first kappa shape index (κ1) is 13.9. The normalized spacial score (nSPS) is 10.6. The van der Waals surface area contributed by atoms with E-state index in [0.717, 1.165) is 10.0 Å². The van der Waals surface area contributed by atoms with Gasteiger partial charge in [0.1, 0.15) is 0 Å². The van der Waals surface area contributed by atoms with Crippen molar-refractivity contribution in [2.75, 3.05) is 5.75 Å². The van der Waals surface area contributed by atoms with Gasteiger partial charge in [0.05, 0.1) is 10.8 Å². The van der Waals surface area contributed by atoms with Crippen LogP contribution in [-0.4, -0.2) is 16.5 Å². The number of ketones is 1. The van der Waals surface area contributed by atoms with Gasteiger partial charge in [-0.15, -0.1) is 11.3 Å². The van der Waals surface area contributed by atoms with E-state index >= 15 is 0 Å². The molecule has 0 spiro atoms. The molecule has 0 aliphatic heterocycles. The number of hydrogen-bond donors (Lipinski definition) is 0. The van der Waals surface area contributed by atoms with E-state index in [1.807, 2.05) is 12.3 Å². The minimum Gasteiger partial charge on any atom is -0.293 e. The van der Waals surface area contributed by atoms with Crippen molar-refractivity contribution in [3.05, 3.63) is 44.9 Å². The van der Waals surface area contributed by atoms with Gasteiger partial charge in [-0.3, -0.25) is 4.79 Å². The molecule has 0 amide bonds. The summed E-state index contributed by atoms with van der Waals surface area (Å²) >= 11 is 14.8. The fourth-order valence-corrected chi connectivity index (χ4v) is 3.44. The third-order valence-electron chi connectivity index (χ3n) is 2.15. The van der Waals surface area contributed by atoms with E-state index in [0.29, 0.717) is 21.4 Å². The summed E-state index contributed by atoms with van der Waals surface area (Å²) in [7, 11) is 0. The molecule has 0 saturated heterocycles. The fourth-order valence-electron chi connectivity index (χ4n) is 1.31. The predicted molar refractivity (Wildman–Crippen MR) is 78.4 cm³/mol. The van der Waals surface area contributed by atoms with Crippen LogP contribution in [0.2, 0.25) is 10.0 Å². The van der Waals surface area contributed by atoms with Crippen LogP contribution in [0.3, 0.4) is 0 Å². The molecule has 6 heteroatoms. The Morgan fingerprint density at radius 1 is 1.44 bits per heavy atom. The molecule has 2 aromatic rings. The molecule has 1 aromatic carbocycles. The SMILES string of the molecule is Cc1csc(SCC(=O)c2cc(Cl)ccc2Cl)n1. The summed E-state index contributed by atoms with van der Waals surface area (Å²) < 4.78 is 0.888. The zero-order valence-corrected chi connectivity index (χ0v) is 12.6. The number of rotatable bonds is 4. The van der Waals surface area contributed by atoms with Gasteiger partial charge in [0.15, 0.2) is 10.1 Å². The van der Waals surface area contributed by atoms with Crippen molar-refractivity contribution in [1.29, 1.82) is 0 Å². The third-order valence-corrected chi connectivity index (χ3v) is 4.86. The molecule has 0 fully saturated rings. The predicted octanol–water partition coefficient (Wildman–Crippen LogP) is 4.73. The number of hydrogen-bond acceptors (Lipinski definition) is 4. The number of aromatic nitrogens is 1. The Morgan fingerprint density at radius 3 is 2.89 bits per heavy atom. The summed E-state index contributed by atoms with van der Waals surface area (Å²) in [6.07, 6.45) is 0. The summed E-state index contributed by atoms with van der Waals surface area (Å²) in [5, 5.41) is 2.90. The molecule has 2 rings (SSSR count). The highest BCUT2D eigenvalue weighted by atomic mass is 35.5. The number of halogens is 2. The Morgan fingerprint density at radius 2 is 2.22 bits per heavy atom. The second kappa shape index (κ2) is 6.06. The standard InChI is InChI=1S/C12H9Cl2NOS2/c1-7-5-17-12(15-7)18-6-11(16)9-4-8(13)2-3-10(9)14/h2-5H,6H2,1H3. The van der Waals surface area contributed by atoms with Gasteiger partial charge in [-0.2, -0.15) is 0 Å². The van der Waals surface area contributed by atoms with Crippen molar-refractivity contribution in [3.63, 3.8) is 0 Å². The molecular formula is C12H9Cl2NOS2. The first-order chi connectivity index (χ1) is 8.56. The van der Waals surface area contributed by atoms with Crippen LogP contribution < -0.4 is 0 Å². The second-order valence-corrected chi connectivity index (χ2v) is 6.52. The maximum absolute atomic E-state index is 12.0. The summed E-state index contributed by atoms with van der Waals surface area (Å²) in [6.45, 7) is 1.93. The molecule has 0 atom stereocenters. The van der Waals surface area contributed by atoms with Gasteiger partial charge in [0.25, 0.3) is 0 Å². The number of carbonyl (C=O) groups is 1. The maximum Gasteiger partial charge on any atom is 0.174 e. The van der Waals surface area contributed by atoms with Gasteiger partial charge in [0.2, 0.25) is 0 Å². The number of Topliss-reactive ketones (excluding diaryl/α,β-unsaturated/α-hetero) is 1. The topological polar surface area (TPSA) is 30.0 Å². The molecule has 0 saturated carbocycles. The van der Waals surface area contributed by atoms with Gasteiger partial charge in [0, 0.05) is 21.7 Å². The molecule has 0 aliphatic carbocycles. The Kier molecular flexibility index (Phi) is 4.67. The first-order valence-corrected chi connectivity index (χ1v) is 7.71. The monoisotopic (exact) mass is 317 g/mol. The lowest BCUT2D eigenvalue weighted by molar-refractivity contribution is 0.102. The highest BCUT2D eigenvalue weighted by Crippen LogP contribution is 2.26. The second-order valence-electron chi connectivity index (χ2n) is 3.59. The van der Waals surface area contributed by atoms with E-state index in [1.165, 1.54) is 23.1 Å². The van der Waals surface area contributed by atoms with Crippen LogP contribution in [0.5, 0.6) is 0 Å². The van der Waals surface area contributed by atoms with Crippen LogP contribution in [0.25, 0.3) is 0 Å². The zero-order chi connectivity index (χ0) is 13.1. The minimum absolute atomic E-state index is 0.0413. The van der Waals surface area contributed by atoms with Gasteiger partial charge in [-0.1, -0.05) is 35.0 Å². The summed E-state index contributed by atoms with van der Waals surface area (Å²) in [5.41, 5.74) is 1.43. The fraction of sp³-hybridized carbons (Fsp3) is 0.167. The van der Waals surface area contributed by atoms with Gasteiger partial charge in [-0.25, -0.2) is 4.98 Å². The molecule has 0 unspecified atom stereocenters. The number of benzene rings is 1. The van der Waals surface area contributed by atoms with E-state index < -0.39 is 0 Å². The summed E-state index contributed by atoms with van der Waals surface area (Å²) in [6, 6.07) is 4.90. The van der Waals surface area contributed by atoms with Crippen LogP contribution in [0.1, 0.15) is 16.1 Å². The van der Waals surface area contributed by atoms with Crippen molar-refractivity contribution < 1.29 is 4.79 Å². The van der Waals surface area contributed by atoms with E-state index in [-0.39, 0.29) is 5.78 Å². The third kappa shape index (κ3) is 3.48. The summed E-state index contributed by atoms with van der Waals surface area (Å²) in [5.74, 6) is 0.271. The van der Waals surface area contributed by atoms with E-state index in [4.69, 9.17) is 23.2 Å². The molecule has 18 heavy (non-hydrogen) atoms. The lowest BCUT2D eigenvalue weighted by Crippen LogP contribution is -2.03. The van der Waals surface area contributed by atoms with Gasteiger partial charge < -0.3 is 0 Å². The lowest BCUT2D eigenvalue weighted by atomic mass is 10.1. The average Bonchev–Trinajstić information content (AvgIpc) is 2.75. The largest absolute Gasteiger partial charge is 0.293 e.